The predicted octanol–water partition coefficient (Wildman–Crippen LogP) is 3.39. The summed E-state index contributed by atoms with van der Waals surface area (Å²) in [4.78, 5) is 2.30. The normalized spacial score (nSPS) is 20.0. The molecule has 1 aromatic carbocycles. The molecule has 0 saturated carbocycles. The maximum atomic E-state index is 12.2. The summed E-state index contributed by atoms with van der Waals surface area (Å²) in [5.41, 5.74) is 0.919. The molecule has 1 aliphatic rings. The van der Waals surface area contributed by atoms with E-state index in [1.165, 1.54) is 12.5 Å². The van der Waals surface area contributed by atoms with Crippen molar-refractivity contribution in [1.29, 1.82) is 0 Å². The molecule has 0 spiro atoms. The lowest BCUT2D eigenvalue weighted by atomic mass is 10.1. The van der Waals surface area contributed by atoms with E-state index in [4.69, 9.17) is 0 Å². The lowest BCUT2D eigenvalue weighted by Crippen LogP contribution is -2.24. The third kappa shape index (κ3) is 5.48. The molecule has 2 rings (SSSR count). The summed E-state index contributed by atoms with van der Waals surface area (Å²) in [6.07, 6.45) is -3.48. The van der Waals surface area contributed by atoms with Gasteiger partial charge in [-0.05, 0) is 66.1 Å². The Kier molecular flexibility index (Phi) is 5.51. The van der Waals surface area contributed by atoms with Crippen molar-refractivity contribution < 1.29 is 17.9 Å². The number of hydrogen-bond donors (Lipinski definition) is 1. The zero-order valence-electron chi connectivity index (χ0n) is 11.7. The van der Waals surface area contributed by atoms with Crippen LogP contribution in [0.15, 0.2) is 22.7 Å². The van der Waals surface area contributed by atoms with E-state index >= 15 is 0 Å². The van der Waals surface area contributed by atoms with Crippen molar-refractivity contribution in [3.8, 4) is 5.75 Å². The van der Waals surface area contributed by atoms with Crippen LogP contribution in [-0.2, 0) is 6.54 Å². The van der Waals surface area contributed by atoms with Crippen LogP contribution in [0.4, 0.5) is 13.2 Å². The van der Waals surface area contributed by atoms with Crippen LogP contribution < -0.4 is 10.1 Å². The van der Waals surface area contributed by atoms with Gasteiger partial charge in [-0.1, -0.05) is 6.07 Å². The van der Waals surface area contributed by atoms with Crippen molar-refractivity contribution in [1.82, 2.24) is 10.2 Å². The lowest BCUT2D eigenvalue weighted by Gasteiger charge is -2.13. The van der Waals surface area contributed by atoms with Crippen LogP contribution in [0.3, 0.4) is 0 Å². The average molecular weight is 367 g/mol. The van der Waals surface area contributed by atoms with Crippen LogP contribution in [0.5, 0.6) is 5.75 Å². The van der Waals surface area contributed by atoms with Crippen molar-refractivity contribution in [2.24, 2.45) is 5.92 Å². The number of halogens is 4. The van der Waals surface area contributed by atoms with E-state index < -0.39 is 6.36 Å². The standard InChI is InChI=1S/C14H18BrF3N2O/c1-20-5-4-11(9-20)8-19-7-10-2-3-13(12(15)6-10)21-14(16,17)18/h2-3,6,11,19H,4-5,7-9H2,1H3. The molecule has 1 heterocycles. The van der Waals surface area contributed by atoms with Gasteiger partial charge in [0.15, 0.2) is 0 Å². The molecular weight excluding hydrogens is 349 g/mol. The molecular formula is C14H18BrF3N2O. The third-order valence-corrected chi connectivity index (χ3v) is 4.09. The first-order valence-electron chi connectivity index (χ1n) is 6.77. The van der Waals surface area contributed by atoms with Crippen molar-refractivity contribution >= 4 is 15.9 Å². The predicted molar refractivity (Wildman–Crippen MR) is 78.1 cm³/mol. The fraction of sp³-hybridized carbons (Fsp3) is 0.571. The number of nitrogens with zero attached hydrogens (tertiary/aromatic N) is 1. The van der Waals surface area contributed by atoms with Gasteiger partial charge in [-0.25, -0.2) is 0 Å². The Morgan fingerprint density at radius 1 is 1.43 bits per heavy atom. The monoisotopic (exact) mass is 366 g/mol. The molecule has 0 aliphatic carbocycles. The fourth-order valence-corrected chi connectivity index (χ4v) is 2.98. The molecule has 0 aromatic heterocycles. The van der Waals surface area contributed by atoms with Gasteiger partial charge in [0.2, 0.25) is 0 Å². The van der Waals surface area contributed by atoms with Gasteiger partial charge >= 0.3 is 6.36 Å². The van der Waals surface area contributed by atoms with E-state index in [1.54, 1.807) is 12.1 Å². The molecule has 0 bridgehead atoms. The summed E-state index contributed by atoms with van der Waals surface area (Å²) in [7, 11) is 2.11. The quantitative estimate of drug-likeness (QED) is 0.864. The van der Waals surface area contributed by atoms with E-state index in [1.807, 2.05) is 0 Å². The summed E-state index contributed by atoms with van der Waals surface area (Å²) in [6, 6.07) is 4.62. The van der Waals surface area contributed by atoms with Crippen LogP contribution in [0, 0.1) is 5.92 Å². The second kappa shape index (κ2) is 6.98. The Hall–Kier alpha value is -0.790. The number of hydrogen-bond acceptors (Lipinski definition) is 3. The Balaban J connectivity index is 1.83. The first kappa shape index (κ1) is 16.6. The number of likely N-dealkylation sites (tertiary alicyclic amines) is 1. The van der Waals surface area contributed by atoms with E-state index in [0.717, 1.165) is 25.2 Å². The molecule has 3 nitrogen and oxygen atoms in total. The molecule has 1 unspecified atom stereocenters. The third-order valence-electron chi connectivity index (χ3n) is 3.47. The molecule has 1 fully saturated rings. The Bertz CT molecular complexity index is 482. The Morgan fingerprint density at radius 3 is 2.76 bits per heavy atom. The Labute approximate surface area is 130 Å². The molecule has 0 amide bonds. The maximum Gasteiger partial charge on any atom is 0.573 e. The van der Waals surface area contributed by atoms with Crippen molar-refractivity contribution in [3.63, 3.8) is 0 Å². The van der Waals surface area contributed by atoms with Gasteiger partial charge in [-0.15, -0.1) is 13.2 Å². The molecule has 1 N–H and O–H groups in total. The zero-order chi connectivity index (χ0) is 15.5. The molecule has 1 aliphatic heterocycles. The number of rotatable bonds is 5. The highest BCUT2D eigenvalue weighted by Crippen LogP contribution is 2.31. The lowest BCUT2D eigenvalue weighted by molar-refractivity contribution is -0.274. The number of alkyl halides is 3. The highest BCUT2D eigenvalue weighted by Gasteiger charge is 2.31. The first-order chi connectivity index (χ1) is 9.83. The fourth-order valence-electron chi connectivity index (χ4n) is 2.48. The van der Waals surface area contributed by atoms with Crippen LogP contribution in [-0.4, -0.2) is 37.9 Å². The molecule has 1 saturated heterocycles. The van der Waals surface area contributed by atoms with Crippen molar-refractivity contribution in [2.75, 3.05) is 26.7 Å². The van der Waals surface area contributed by atoms with Gasteiger partial charge in [-0.3, -0.25) is 0 Å². The largest absolute Gasteiger partial charge is 0.573 e. The van der Waals surface area contributed by atoms with Crippen LogP contribution >= 0.6 is 15.9 Å². The Morgan fingerprint density at radius 2 is 2.19 bits per heavy atom. The van der Waals surface area contributed by atoms with Gasteiger partial charge < -0.3 is 15.0 Å². The molecule has 0 radical (unpaired) electrons. The molecule has 1 aromatic rings. The van der Waals surface area contributed by atoms with Crippen molar-refractivity contribution in [3.05, 3.63) is 28.2 Å². The van der Waals surface area contributed by atoms with E-state index in [0.29, 0.717) is 16.9 Å². The first-order valence-corrected chi connectivity index (χ1v) is 7.56. The number of ether oxygens (including phenoxy) is 1. The summed E-state index contributed by atoms with van der Waals surface area (Å²) >= 11 is 3.11. The summed E-state index contributed by atoms with van der Waals surface area (Å²) in [5.74, 6) is 0.426. The number of benzene rings is 1. The summed E-state index contributed by atoms with van der Waals surface area (Å²) < 4.78 is 40.7. The average Bonchev–Trinajstić information content (AvgIpc) is 2.77. The van der Waals surface area contributed by atoms with E-state index in [9.17, 15) is 13.2 Å². The molecule has 21 heavy (non-hydrogen) atoms. The summed E-state index contributed by atoms with van der Waals surface area (Å²) in [5, 5.41) is 3.35. The SMILES string of the molecule is CN1CCC(CNCc2ccc(OC(F)(F)F)c(Br)c2)C1. The highest BCUT2D eigenvalue weighted by atomic mass is 79.9. The van der Waals surface area contributed by atoms with Crippen LogP contribution in [0.2, 0.25) is 0 Å². The van der Waals surface area contributed by atoms with E-state index in [2.05, 4.69) is 37.9 Å². The maximum absolute atomic E-state index is 12.2. The smallest absolute Gasteiger partial charge is 0.405 e. The molecule has 118 valence electrons. The van der Waals surface area contributed by atoms with Crippen LogP contribution in [0.1, 0.15) is 12.0 Å². The molecule has 1 atom stereocenters. The van der Waals surface area contributed by atoms with Gasteiger partial charge in [-0.2, -0.15) is 0 Å². The van der Waals surface area contributed by atoms with Crippen LogP contribution in [0.25, 0.3) is 0 Å². The summed E-state index contributed by atoms with van der Waals surface area (Å²) in [6.45, 7) is 3.77. The topological polar surface area (TPSA) is 24.5 Å². The second-order valence-electron chi connectivity index (χ2n) is 5.36. The molecule has 7 heteroatoms. The minimum Gasteiger partial charge on any atom is -0.405 e. The second-order valence-corrected chi connectivity index (χ2v) is 6.21. The minimum atomic E-state index is -4.67. The van der Waals surface area contributed by atoms with E-state index in [-0.39, 0.29) is 5.75 Å². The number of nitrogens with one attached hydrogen (secondary N) is 1. The van der Waals surface area contributed by atoms with Gasteiger partial charge in [0.05, 0.1) is 4.47 Å². The highest BCUT2D eigenvalue weighted by molar-refractivity contribution is 9.10. The minimum absolute atomic E-state index is 0.219. The van der Waals surface area contributed by atoms with Gasteiger partial charge in [0, 0.05) is 13.1 Å². The van der Waals surface area contributed by atoms with Gasteiger partial charge in [0.1, 0.15) is 5.75 Å². The zero-order valence-corrected chi connectivity index (χ0v) is 13.3. The van der Waals surface area contributed by atoms with Crippen molar-refractivity contribution in [2.45, 2.75) is 19.3 Å². The van der Waals surface area contributed by atoms with Gasteiger partial charge in [0.25, 0.3) is 0 Å².